The summed E-state index contributed by atoms with van der Waals surface area (Å²) >= 11 is 0. The van der Waals surface area contributed by atoms with Gasteiger partial charge < -0.3 is 10.3 Å². The van der Waals surface area contributed by atoms with E-state index in [0.717, 1.165) is 12.2 Å². The van der Waals surface area contributed by atoms with Crippen LogP contribution in [0.3, 0.4) is 0 Å². The Balaban J connectivity index is 3.05. The van der Waals surface area contributed by atoms with Crippen LogP contribution in [0.1, 0.15) is 49.7 Å². The molecule has 0 bridgehead atoms. The molecule has 0 saturated heterocycles. The Hall–Kier alpha value is -1.62. The number of hydrazine groups is 1. The highest BCUT2D eigenvalue weighted by Gasteiger charge is 2.16. The van der Waals surface area contributed by atoms with Crippen LogP contribution in [-0.4, -0.2) is 29.4 Å². The van der Waals surface area contributed by atoms with Gasteiger partial charge in [-0.05, 0) is 24.0 Å². The molecule has 106 valence electrons. The third-order valence-corrected chi connectivity index (χ3v) is 2.82. The van der Waals surface area contributed by atoms with E-state index < -0.39 is 0 Å². The normalized spacial score (nSPS) is 10.9. The Morgan fingerprint density at radius 2 is 2.00 bits per heavy atom. The number of amides is 1. The van der Waals surface area contributed by atoms with Crippen molar-refractivity contribution in [2.24, 2.45) is 11.8 Å². The molecule has 0 saturated carbocycles. The standard InChI is InChI=1S/C14H24N4O/c1-9(2)8-18(5)14(19)11-6-12(10(3)4)16-13(7-11)17-15/h6-7,9-10H,8,15H2,1-5H3,(H,16,17). The van der Waals surface area contributed by atoms with E-state index in [4.69, 9.17) is 5.84 Å². The maximum Gasteiger partial charge on any atom is 0.253 e. The summed E-state index contributed by atoms with van der Waals surface area (Å²) in [5.74, 6) is 6.61. The van der Waals surface area contributed by atoms with Crippen molar-refractivity contribution in [3.63, 3.8) is 0 Å². The molecule has 0 radical (unpaired) electrons. The molecule has 0 unspecified atom stereocenters. The minimum atomic E-state index is -0.00509. The predicted octanol–water partition coefficient (Wildman–Crippen LogP) is 2.22. The van der Waals surface area contributed by atoms with Gasteiger partial charge in [-0.15, -0.1) is 0 Å². The highest BCUT2D eigenvalue weighted by Crippen LogP contribution is 2.18. The molecule has 0 aliphatic rings. The molecule has 3 N–H and O–H groups in total. The van der Waals surface area contributed by atoms with E-state index in [1.165, 1.54) is 0 Å². The highest BCUT2D eigenvalue weighted by atomic mass is 16.2. The lowest BCUT2D eigenvalue weighted by Gasteiger charge is -2.20. The van der Waals surface area contributed by atoms with Crippen LogP contribution in [0.5, 0.6) is 0 Å². The van der Waals surface area contributed by atoms with Crippen LogP contribution in [0.4, 0.5) is 5.82 Å². The zero-order valence-corrected chi connectivity index (χ0v) is 12.4. The molecule has 1 heterocycles. The van der Waals surface area contributed by atoms with E-state index in [1.54, 1.807) is 11.0 Å². The van der Waals surface area contributed by atoms with Gasteiger partial charge in [0.2, 0.25) is 0 Å². The van der Waals surface area contributed by atoms with Gasteiger partial charge in [0.1, 0.15) is 5.82 Å². The lowest BCUT2D eigenvalue weighted by molar-refractivity contribution is 0.0779. The number of rotatable bonds is 5. The molecule has 1 aromatic heterocycles. The average Bonchev–Trinajstić information content (AvgIpc) is 2.36. The van der Waals surface area contributed by atoms with Gasteiger partial charge >= 0.3 is 0 Å². The van der Waals surface area contributed by atoms with Crippen molar-refractivity contribution < 1.29 is 4.79 Å². The fourth-order valence-electron chi connectivity index (χ4n) is 1.90. The number of hydrogen-bond acceptors (Lipinski definition) is 4. The molecule has 1 amide bonds. The molecule has 0 aliphatic carbocycles. The number of carbonyl (C=O) groups excluding carboxylic acids is 1. The number of nitrogens with zero attached hydrogens (tertiary/aromatic N) is 2. The first kappa shape index (κ1) is 15.4. The summed E-state index contributed by atoms with van der Waals surface area (Å²) in [5, 5.41) is 0. The van der Waals surface area contributed by atoms with Crippen LogP contribution in [-0.2, 0) is 0 Å². The number of aromatic nitrogens is 1. The number of hydrogen-bond donors (Lipinski definition) is 2. The third-order valence-electron chi connectivity index (χ3n) is 2.82. The first-order valence-electron chi connectivity index (χ1n) is 6.59. The van der Waals surface area contributed by atoms with Crippen LogP contribution in [0.15, 0.2) is 12.1 Å². The molecule has 5 heteroatoms. The topological polar surface area (TPSA) is 71.2 Å². The van der Waals surface area contributed by atoms with Gasteiger partial charge in [-0.1, -0.05) is 27.7 Å². The Kier molecular flexibility index (Phi) is 5.30. The molecule has 0 aromatic carbocycles. The van der Waals surface area contributed by atoms with Crippen LogP contribution < -0.4 is 11.3 Å². The minimum Gasteiger partial charge on any atom is -0.341 e. The van der Waals surface area contributed by atoms with Crippen molar-refractivity contribution in [1.82, 2.24) is 9.88 Å². The van der Waals surface area contributed by atoms with Gasteiger partial charge in [0.25, 0.3) is 5.91 Å². The first-order chi connectivity index (χ1) is 8.85. The van der Waals surface area contributed by atoms with E-state index >= 15 is 0 Å². The second-order valence-corrected chi connectivity index (χ2v) is 5.54. The molecule has 0 atom stereocenters. The smallest absolute Gasteiger partial charge is 0.253 e. The maximum atomic E-state index is 12.4. The molecular formula is C14H24N4O. The van der Waals surface area contributed by atoms with Crippen molar-refractivity contribution in [3.8, 4) is 0 Å². The van der Waals surface area contributed by atoms with Crippen molar-refractivity contribution in [3.05, 3.63) is 23.4 Å². The van der Waals surface area contributed by atoms with E-state index in [-0.39, 0.29) is 11.8 Å². The molecule has 5 nitrogen and oxygen atoms in total. The fourth-order valence-corrected chi connectivity index (χ4v) is 1.90. The van der Waals surface area contributed by atoms with Crippen molar-refractivity contribution in [2.45, 2.75) is 33.6 Å². The third kappa shape index (κ3) is 4.21. The number of anilines is 1. The molecular weight excluding hydrogens is 240 g/mol. The number of nitrogen functional groups attached to an aromatic ring is 1. The van der Waals surface area contributed by atoms with Gasteiger partial charge in [0.05, 0.1) is 0 Å². The molecule has 0 aliphatic heterocycles. The molecule has 19 heavy (non-hydrogen) atoms. The Morgan fingerprint density at radius 1 is 1.37 bits per heavy atom. The number of nitrogens with two attached hydrogens (primary N) is 1. The number of carbonyl (C=O) groups is 1. The summed E-state index contributed by atoms with van der Waals surface area (Å²) in [4.78, 5) is 18.4. The Morgan fingerprint density at radius 3 is 2.47 bits per heavy atom. The monoisotopic (exact) mass is 264 g/mol. The highest BCUT2D eigenvalue weighted by molar-refractivity contribution is 5.94. The molecule has 1 aromatic rings. The van der Waals surface area contributed by atoms with Crippen LogP contribution >= 0.6 is 0 Å². The van der Waals surface area contributed by atoms with Gasteiger partial charge in [-0.2, -0.15) is 0 Å². The van der Waals surface area contributed by atoms with E-state index in [0.29, 0.717) is 17.3 Å². The minimum absolute atomic E-state index is 0.00509. The summed E-state index contributed by atoms with van der Waals surface area (Å²) in [6.07, 6.45) is 0. The SMILES string of the molecule is CC(C)CN(C)C(=O)c1cc(NN)nc(C(C)C)c1. The van der Waals surface area contributed by atoms with Crippen molar-refractivity contribution in [2.75, 3.05) is 19.0 Å². The van der Waals surface area contributed by atoms with Gasteiger partial charge in [0, 0.05) is 24.8 Å². The molecule has 1 rings (SSSR count). The number of pyridine rings is 1. The fraction of sp³-hybridized carbons (Fsp3) is 0.571. The Bertz CT molecular complexity index is 443. The van der Waals surface area contributed by atoms with Gasteiger partial charge in [-0.25, -0.2) is 10.8 Å². The lowest BCUT2D eigenvalue weighted by atomic mass is 10.1. The Labute approximate surface area is 115 Å². The van der Waals surface area contributed by atoms with Gasteiger partial charge in [-0.3, -0.25) is 4.79 Å². The second-order valence-electron chi connectivity index (χ2n) is 5.54. The van der Waals surface area contributed by atoms with Crippen LogP contribution in [0.25, 0.3) is 0 Å². The quantitative estimate of drug-likeness (QED) is 0.632. The summed E-state index contributed by atoms with van der Waals surface area (Å²) in [6.45, 7) is 8.97. The van der Waals surface area contributed by atoms with Crippen LogP contribution in [0, 0.1) is 5.92 Å². The van der Waals surface area contributed by atoms with E-state index in [9.17, 15) is 4.79 Å². The predicted molar refractivity (Wildman–Crippen MR) is 77.9 cm³/mol. The zero-order chi connectivity index (χ0) is 14.6. The lowest BCUT2D eigenvalue weighted by Crippen LogP contribution is -2.30. The summed E-state index contributed by atoms with van der Waals surface area (Å²) in [5.41, 5.74) is 3.99. The van der Waals surface area contributed by atoms with E-state index in [2.05, 4.69) is 24.3 Å². The second kappa shape index (κ2) is 6.52. The van der Waals surface area contributed by atoms with Crippen LogP contribution in [0.2, 0.25) is 0 Å². The number of nitrogens with one attached hydrogen (secondary N) is 1. The summed E-state index contributed by atoms with van der Waals surface area (Å²) in [6, 6.07) is 3.52. The summed E-state index contributed by atoms with van der Waals surface area (Å²) in [7, 11) is 1.81. The largest absolute Gasteiger partial charge is 0.341 e. The maximum absolute atomic E-state index is 12.4. The molecule has 0 fully saturated rings. The first-order valence-corrected chi connectivity index (χ1v) is 6.59. The zero-order valence-electron chi connectivity index (χ0n) is 12.4. The van der Waals surface area contributed by atoms with E-state index in [1.807, 2.05) is 27.0 Å². The average molecular weight is 264 g/mol. The van der Waals surface area contributed by atoms with Gasteiger partial charge in [0.15, 0.2) is 0 Å². The summed E-state index contributed by atoms with van der Waals surface area (Å²) < 4.78 is 0. The van der Waals surface area contributed by atoms with Crippen molar-refractivity contribution >= 4 is 11.7 Å². The molecule has 0 spiro atoms. The van der Waals surface area contributed by atoms with Crippen molar-refractivity contribution in [1.29, 1.82) is 0 Å².